The lowest BCUT2D eigenvalue weighted by Crippen LogP contribution is -2.27. The number of nitrogens with zero attached hydrogens (tertiary/aromatic N) is 3. The van der Waals surface area contributed by atoms with Gasteiger partial charge in [-0.2, -0.15) is 0 Å². The van der Waals surface area contributed by atoms with Crippen LogP contribution in [0.4, 0.5) is 5.95 Å². The number of anilines is 1. The van der Waals surface area contributed by atoms with Crippen LogP contribution in [0.25, 0.3) is 0 Å². The van der Waals surface area contributed by atoms with Crippen LogP contribution in [0.2, 0.25) is 0 Å². The molecule has 16 heavy (non-hydrogen) atoms. The lowest BCUT2D eigenvalue weighted by molar-refractivity contribution is 0.0209. The van der Waals surface area contributed by atoms with Crippen LogP contribution < -0.4 is 5.32 Å². The zero-order chi connectivity index (χ0) is 12.2. The van der Waals surface area contributed by atoms with Gasteiger partial charge in [0.05, 0.1) is 5.60 Å². The molecule has 0 aliphatic carbocycles. The Hall–Kier alpha value is -1.10. The van der Waals surface area contributed by atoms with E-state index in [4.69, 9.17) is 4.74 Å². The Bertz CT molecular complexity index is 333. The number of hydrogen-bond acceptors (Lipinski definition) is 4. The molecule has 1 aromatic rings. The molecule has 0 saturated heterocycles. The standard InChI is InChI=1S/C11H22N4O/c1-6-12-10-14-13-9(15(10)7-2)8-11(3,4)16-5/h6-8H2,1-5H3,(H,12,14). The Morgan fingerprint density at radius 2 is 2.00 bits per heavy atom. The molecule has 0 bridgehead atoms. The van der Waals surface area contributed by atoms with Crippen molar-refractivity contribution in [2.24, 2.45) is 0 Å². The van der Waals surface area contributed by atoms with Crippen molar-refractivity contribution >= 4 is 5.95 Å². The summed E-state index contributed by atoms with van der Waals surface area (Å²) < 4.78 is 7.50. The zero-order valence-corrected chi connectivity index (χ0v) is 10.9. The van der Waals surface area contributed by atoms with E-state index < -0.39 is 0 Å². The van der Waals surface area contributed by atoms with Crippen molar-refractivity contribution in [2.75, 3.05) is 19.0 Å². The van der Waals surface area contributed by atoms with E-state index in [1.165, 1.54) is 0 Å². The number of aromatic nitrogens is 3. The highest BCUT2D eigenvalue weighted by molar-refractivity contribution is 5.25. The van der Waals surface area contributed by atoms with Crippen LogP contribution in [0.15, 0.2) is 0 Å². The minimum absolute atomic E-state index is 0.205. The molecular formula is C11H22N4O. The van der Waals surface area contributed by atoms with Crippen molar-refractivity contribution < 1.29 is 4.74 Å². The smallest absolute Gasteiger partial charge is 0.224 e. The highest BCUT2D eigenvalue weighted by atomic mass is 16.5. The maximum absolute atomic E-state index is 5.41. The van der Waals surface area contributed by atoms with Crippen LogP contribution in [0.3, 0.4) is 0 Å². The van der Waals surface area contributed by atoms with Crippen LogP contribution in [0.1, 0.15) is 33.5 Å². The Kier molecular flexibility index (Phi) is 4.29. The Balaban J connectivity index is 2.88. The monoisotopic (exact) mass is 226 g/mol. The fourth-order valence-corrected chi connectivity index (χ4v) is 1.54. The van der Waals surface area contributed by atoms with Gasteiger partial charge in [0, 0.05) is 26.6 Å². The summed E-state index contributed by atoms with van der Waals surface area (Å²) in [7, 11) is 1.72. The second kappa shape index (κ2) is 5.30. The Morgan fingerprint density at radius 3 is 2.50 bits per heavy atom. The SMILES string of the molecule is CCNc1nnc(CC(C)(C)OC)n1CC. The van der Waals surface area contributed by atoms with Crippen LogP contribution in [-0.4, -0.2) is 34.0 Å². The molecular weight excluding hydrogens is 204 g/mol. The highest BCUT2D eigenvalue weighted by Crippen LogP contribution is 2.17. The van der Waals surface area contributed by atoms with E-state index in [0.29, 0.717) is 0 Å². The molecule has 0 aliphatic rings. The molecule has 0 fully saturated rings. The molecule has 0 amide bonds. The van der Waals surface area contributed by atoms with Gasteiger partial charge in [0.25, 0.3) is 0 Å². The first kappa shape index (κ1) is 13.0. The largest absolute Gasteiger partial charge is 0.378 e. The third-order valence-electron chi connectivity index (χ3n) is 2.61. The lowest BCUT2D eigenvalue weighted by atomic mass is 10.1. The van der Waals surface area contributed by atoms with Gasteiger partial charge in [-0.3, -0.25) is 4.57 Å². The number of hydrogen-bond donors (Lipinski definition) is 1. The summed E-state index contributed by atoms with van der Waals surface area (Å²) in [6.45, 7) is 9.96. The average Bonchev–Trinajstić information content (AvgIpc) is 2.60. The van der Waals surface area contributed by atoms with E-state index >= 15 is 0 Å². The lowest BCUT2D eigenvalue weighted by Gasteiger charge is -2.22. The van der Waals surface area contributed by atoms with Gasteiger partial charge in [-0.25, -0.2) is 0 Å². The first-order chi connectivity index (χ1) is 7.54. The predicted molar refractivity (Wildman–Crippen MR) is 64.7 cm³/mol. The van der Waals surface area contributed by atoms with E-state index in [0.717, 1.165) is 31.3 Å². The average molecular weight is 226 g/mol. The van der Waals surface area contributed by atoms with Crippen molar-refractivity contribution in [3.8, 4) is 0 Å². The van der Waals surface area contributed by atoms with Crippen molar-refractivity contribution in [3.05, 3.63) is 5.82 Å². The molecule has 0 aromatic carbocycles. The summed E-state index contributed by atoms with van der Waals surface area (Å²) in [5.41, 5.74) is -0.205. The molecule has 0 spiro atoms. The fraction of sp³-hybridized carbons (Fsp3) is 0.818. The molecule has 1 N–H and O–H groups in total. The van der Waals surface area contributed by atoms with E-state index in [-0.39, 0.29) is 5.60 Å². The van der Waals surface area contributed by atoms with Gasteiger partial charge < -0.3 is 10.1 Å². The van der Waals surface area contributed by atoms with Gasteiger partial charge >= 0.3 is 0 Å². The summed E-state index contributed by atoms with van der Waals surface area (Å²) >= 11 is 0. The second-order valence-corrected chi connectivity index (χ2v) is 4.36. The first-order valence-corrected chi connectivity index (χ1v) is 5.75. The van der Waals surface area contributed by atoms with Crippen molar-refractivity contribution in [2.45, 2.75) is 46.3 Å². The van der Waals surface area contributed by atoms with Crippen LogP contribution in [0.5, 0.6) is 0 Å². The molecule has 0 radical (unpaired) electrons. The maximum atomic E-state index is 5.41. The van der Waals surface area contributed by atoms with Gasteiger partial charge in [0.2, 0.25) is 5.95 Å². The van der Waals surface area contributed by atoms with E-state index in [1.807, 2.05) is 6.92 Å². The summed E-state index contributed by atoms with van der Waals surface area (Å²) in [4.78, 5) is 0. The predicted octanol–water partition coefficient (Wildman–Crippen LogP) is 1.70. The van der Waals surface area contributed by atoms with Crippen molar-refractivity contribution in [3.63, 3.8) is 0 Å². The van der Waals surface area contributed by atoms with Crippen LogP contribution >= 0.6 is 0 Å². The maximum Gasteiger partial charge on any atom is 0.224 e. The fourth-order valence-electron chi connectivity index (χ4n) is 1.54. The Labute approximate surface area is 97.2 Å². The highest BCUT2D eigenvalue weighted by Gasteiger charge is 2.21. The van der Waals surface area contributed by atoms with Gasteiger partial charge in [-0.1, -0.05) is 0 Å². The molecule has 0 aliphatic heterocycles. The first-order valence-electron chi connectivity index (χ1n) is 5.75. The summed E-state index contributed by atoms with van der Waals surface area (Å²) in [5, 5.41) is 11.6. The number of nitrogens with one attached hydrogen (secondary N) is 1. The number of methoxy groups -OCH3 is 1. The van der Waals surface area contributed by atoms with E-state index in [9.17, 15) is 0 Å². The molecule has 1 rings (SSSR count). The summed E-state index contributed by atoms with van der Waals surface area (Å²) in [6.07, 6.45) is 0.760. The van der Waals surface area contributed by atoms with E-state index in [2.05, 4.69) is 40.9 Å². The molecule has 92 valence electrons. The van der Waals surface area contributed by atoms with Gasteiger partial charge in [0.1, 0.15) is 5.82 Å². The normalized spacial score (nSPS) is 11.8. The molecule has 5 heteroatoms. The third kappa shape index (κ3) is 2.95. The quantitative estimate of drug-likeness (QED) is 0.802. The van der Waals surface area contributed by atoms with Crippen LogP contribution in [-0.2, 0) is 17.7 Å². The molecule has 0 saturated carbocycles. The van der Waals surface area contributed by atoms with Gasteiger partial charge in [-0.05, 0) is 27.7 Å². The number of ether oxygens (including phenoxy) is 1. The molecule has 0 unspecified atom stereocenters. The topological polar surface area (TPSA) is 52.0 Å². The minimum Gasteiger partial charge on any atom is -0.378 e. The van der Waals surface area contributed by atoms with Crippen LogP contribution in [0, 0.1) is 0 Å². The van der Waals surface area contributed by atoms with Crippen molar-refractivity contribution in [1.82, 2.24) is 14.8 Å². The second-order valence-electron chi connectivity index (χ2n) is 4.36. The number of rotatable bonds is 6. The molecule has 5 nitrogen and oxygen atoms in total. The zero-order valence-electron chi connectivity index (χ0n) is 10.9. The van der Waals surface area contributed by atoms with Gasteiger partial charge in [0.15, 0.2) is 0 Å². The third-order valence-corrected chi connectivity index (χ3v) is 2.61. The molecule has 1 aromatic heterocycles. The summed E-state index contributed by atoms with van der Waals surface area (Å²) in [6, 6.07) is 0. The van der Waals surface area contributed by atoms with Gasteiger partial charge in [-0.15, -0.1) is 10.2 Å². The van der Waals surface area contributed by atoms with Crippen molar-refractivity contribution in [1.29, 1.82) is 0 Å². The van der Waals surface area contributed by atoms with E-state index in [1.54, 1.807) is 7.11 Å². The Morgan fingerprint density at radius 1 is 1.31 bits per heavy atom. The minimum atomic E-state index is -0.205. The molecule has 0 atom stereocenters. The molecule has 1 heterocycles. The summed E-state index contributed by atoms with van der Waals surface area (Å²) in [5.74, 6) is 1.80.